The predicted octanol–water partition coefficient (Wildman–Crippen LogP) is 3.45. The second kappa shape index (κ2) is 9.77. The molecule has 0 unspecified atom stereocenters. The molecule has 0 atom stereocenters. The van der Waals surface area contributed by atoms with Crippen LogP contribution in [0.15, 0.2) is 35.4 Å². The van der Waals surface area contributed by atoms with Crippen molar-refractivity contribution in [1.29, 1.82) is 0 Å². The second-order valence-electron chi connectivity index (χ2n) is 5.19. The van der Waals surface area contributed by atoms with Crippen LogP contribution < -0.4 is 19.6 Å². The van der Waals surface area contributed by atoms with Crippen LogP contribution in [0, 0.1) is 10.1 Å². The number of methoxy groups -OCH3 is 2. The fraction of sp³-hybridized carbons (Fsp3) is 0.176. The summed E-state index contributed by atoms with van der Waals surface area (Å²) >= 11 is 11.7. The van der Waals surface area contributed by atoms with Gasteiger partial charge in [-0.25, -0.2) is 5.43 Å². The summed E-state index contributed by atoms with van der Waals surface area (Å²) in [6, 6.07) is 7.30. The third-order valence-electron chi connectivity index (χ3n) is 3.33. The number of carbonyl (C=O) groups excluding carboxylic acids is 1. The Kier molecular flexibility index (Phi) is 7.42. The molecule has 0 radical (unpaired) electrons. The van der Waals surface area contributed by atoms with Gasteiger partial charge in [0.2, 0.25) is 5.75 Å². The Labute approximate surface area is 169 Å². The van der Waals surface area contributed by atoms with Gasteiger partial charge in [-0.2, -0.15) is 5.10 Å². The molecule has 1 amide bonds. The van der Waals surface area contributed by atoms with E-state index in [0.717, 1.165) is 0 Å². The van der Waals surface area contributed by atoms with Crippen LogP contribution in [0.4, 0.5) is 5.69 Å². The molecule has 0 aliphatic rings. The standard InChI is InChI=1S/C17H15Cl2N3O6/c1-26-15-6-10(5-13(22(24)25)17(15)27-2)8-20-21-16(23)9-28-14-4-3-11(18)7-12(14)19/h3-8H,9H2,1-2H3,(H,21,23)/b20-8-. The quantitative estimate of drug-likeness (QED) is 0.392. The van der Waals surface area contributed by atoms with Gasteiger partial charge in [0.25, 0.3) is 5.91 Å². The Morgan fingerprint density at radius 2 is 1.96 bits per heavy atom. The number of benzene rings is 2. The van der Waals surface area contributed by atoms with E-state index in [4.69, 9.17) is 37.4 Å². The molecule has 2 rings (SSSR count). The maximum atomic E-state index is 11.8. The summed E-state index contributed by atoms with van der Waals surface area (Å²) in [6.45, 7) is -0.342. The minimum Gasteiger partial charge on any atom is -0.493 e. The summed E-state index contributed by atoms with van der Waals surface area (Å²) in [4.78, 5) is 22.4. The van der Waals surface area contributed by atoms with E-state index in [1.54, 1.807) is 6.07 Å². The van der Waals surface area contributed by atoms with Crippen molar-refractivity contribution < 1.29 is 23.9 Å². The number of ether oxygens (including phenoxy) is 3. The topological polar surface area (TPSA) is 112 Å². The lowest BCUT2D eigenvalue weighted by atomic mass is 10.2. The zero-order valence-electron chi connectivity index (χ0n) is 14.8. The van der Waals surface area contributed by atoms with Crippen LogP contribution in [0.1, 0.15) is 5.56 Å². The van der Waals surface area contributed by atoms with Crippen molar-refractivity contribution in [1.82, 2.24) is 5.43 Å². The van der Waals surface area contributed by atoms with Gasteiger partial charge in [0.1, 0.15) is 5.75 Å². The first-order valence-corrected chi connectivity index (χ1v) is 8.41. The third kappa shape index (κ3) is 5.48. The highest BCUT2D eigenvalue weighted by molar-refractivity contribution is 6.35. The molecule has 0 saturated heterocycles. The van der Waals surface area contributed by atoms with Crippen molar-refractivity contribution in [2.24, 2.45) is 5.10 Å². The Balaban J connectivity index is 2.02. The lowest BCUT2D eigenvalue weighted by molar-refractivity contribution is -0.385. The molecule has 0 spiro atoms. The number of halogens is 2. The Morgan fingerprint density at radius 1 is 1.21 bits per heavy atom. The summed E-state index contributed by atoms with van der Waals surface area (Å²) in [5, 5.41) is 15.6. The molecule has 11 heteroatoms. The zero-order chi connectivity index (χ0) is 20.7. The van der Waals surface area contributed by atoms with Gasteiger partial charge in [-0.15, -0.1) is 0 Å². The maximum Gasteiger partial charge on any atom is 0.315 e. The van der Waals surface area contributed by atoms with Gasteiger partial charge in [0, 0.05) is 16.7 Å². The fourth-order valence-electron chi connectivity index (χ4n) is 2.12. The molecule has 0 bridgehead atoms. The smallest absolute Gasteiger partial charge is 0.315 e. The second-order valence-corrected chi connectivity index (χ2v) is 6.03. The van der Waals surface area contributed by atoms with Gasteiger partial charge >= 0.3 is 5.69 Å². The molecule has 148 valence electrons. The molecule has 0 fully saturated rings. The van der Waals surface area contributed by atoms with Gasteiger partial charge < -0.3 is 14.2 Å². The average Bonchev–Trinajstić information content (AvgIpc) is 2.66. The largest absolute Gasteiger partial charge is 0.493 e. The van der Waals surface area contributed by atoms with Crippen LogP contribution in [-0.4, -0.2) is 37.9 Å². The average molecular weight is 428 g/mol. The monoisotopic (exact) mass is 427 g/mol. The molecule has 0 aliphatic carbocycles. The minimum absolute atomic E-state index is 0.0121. The number of nitrogens with one attached hydrogen (secondary N) is 1. The van der Waals surface area contributed by atoms with Crippen LogP contribution in [0.25, 0.3) is 0 Å². The summed E-state index contributed by atoms with van der Waals surface area (Å²) in [5.74, 6) is -0.120. The lowest BCUT2D eigenvalue weighted by Gasteiger charge is -2.09. The highest BCUT2D eigenvalue weighted by atomic mass is 35.5. The number of rotatable bonds is 8. The van der Waals surface area contributed by atoms with Crippen LogP contribution in [0.3, 0.4) is 0 Å². The highest BCUT2D eigenvalue weighted by Gasteiger charge is 2.21. The number of hydrazone groups is 1. The summed E-state index contributed by atoms with van der Waals surface area (Å²) in [6.07, 6.45) is 1.22. The Bertz CT molecular complexity index is 920. The van der Waals surface area contributed by atoms with Crippen molar-refractivity contribution in [3.05, 3.63) is 56.1 Å². The Morgan fingerprint density at radius 3 is 2.57 bits per heavy atom. The molecule has 9 nitrogen and oxygen atoms in total. The molecule has 0 aromatic heterocycles. The molecule has 0 heterocycles. The van der Waals surface area contributed by atoms with Gasteiger partial charge in [0.15, 0.2) is 12.4 Å². The third-order valence-corrected chi connectivity index (χ3v) is 3.86. The number of nitro benzene ring substituents is 1. The van der Waals surface area contributed by atoms with Crippen molar-refractivity contribution in [3.8, 4) is 17.2 Å². The fourth-order valence-corrected chi connectivity index (χ4v) is 2.58. The highest BCUT2D eigenvalue weighted by Crippen LogP contribution is 2.37. The number of hydrogen-bond donors (Lipinski definition) is 1. The van der Waals surface area contributed by atoms with E-state index in [9.17, 15) is 14.9 Å². The normalized spacial score (nSPS) is 10.6. The number of carbonyl (C=O) groups is 1. The van der Waals surface area contributed by atoms with Crippen molar-refractivity contribution in [2.45, 2.75) is 0 Å². The molecule has 28 heavy (non-hydrogen) atoms. The number of nitrogens with zero attached hydrogens (tertiary/aromatic N) is 2. The molecule has 2 aromatic rings. The summed E-state index contributed by atoms with van der Waals surface area (Å²) in [5.41, 5.74) is 2.27. The first-order chi connectivity index (χ1) is 13.3. The van der Waals surface area contributed by atoms with Crippen molar-refractivity contribution >= 4 is 41.0 Å². The van der Waals surface area contributed by atoms with Gasteiger partial charge in [-0.1, -0.05) is 23.2 Å². The Hall–Kier alpha value is -3.04. The number of amides is 1. The van der Waals surface area contributed by atoms with E-state index in [2.05, 4.69) is 10.5 Å². The van der Waals surface area contributed by atoms with E-state index >= 15 is 0 Å². The van der Waals surface area contributed by atoms with Crippen LogP contribution >= 0.6 is 23.2 Å². The van der Waals surface area contributed by atoms with E-state index in [1.165, 1.54) is 44.7 Å². The molecular formula is C17H15Cl2N3O6. The first-order valence-electron chi connectivity index (χ1n) is 7.66. The van der Waals surface area contributed by atoms with Crippen molar-refractivity contribution in [3.63, 3.8) is 0 Å². The summed E-state index contributed by atoms with van der Waals surface area (Å²) < 4.78 is 15.4. The molecule has 0 aliphatic heterocycles. The predicted molar refractivity (Wildman–Crippen MR) is 104 cm³/mol. The van der Waals surface area contributed by atoms with Crippen LogP contribution in [0.2, 0.25) is 10.0 Å². The maximum absolute atomic E-state index is 11.8. The van der Waals surface area contributed by atoms with Gasteiger partial charge in [-0.05, 0) is 24.3 Å². The minimum atomic E-state index is -0.610. The van der Waals surface area contributed by atoms with Crippen molar-refractivity contribution in [2.75, 3.05) is 20.8 Å². The van der Waals surface area contributed by atoms with E-state index in [-0.39, 0.29) is 28.8 Å². The SMILES string of the molecule is COc1cc(/C=N\NC(=O)COc2ccc(Cl)cc2Cl)cc([N+](=O)[O-])c1OC. The van der Waals surface area contributed by atoms with E-state index < -0.39 is 10.8 Å². The molecule has 1 N–H and O–H groups in total. The molecular weight excluding hydrogens is 413 g/mol. The number of nitro groups is 1. The van der Waals surface area contributed by atoms with E-state index in [0.29, 0.717) is 16.3 Å². The lowest BCUT2D eigenvalue weighted by Crippen LogP contribution is -2.24. The number of hydrogen-bond acceptors (Lipinski definition) is 7. The first kappa shape index (κ1) is 21.3. The van der Waals surface area contributed by atoms with Gasteiger partial charge in [0.05, 0.1) is 30.4 Å². The van der Waals surface area contributed by atoms with Gasteiger partial charge in [-0.3, -0.25) is 14.9 Å². The van der Waals surface area contributed by atoms with Crippen LogP contribution in [-0.2, 0) is 4.79 Å². The van der Waals surface area contributed by atoms with Crippen LogP contribution in [0.5, 0.6) is 17.2 Å². The molecule has 2 aromatic carbocycles. The zero-order valence-corrected chi connectivity index (χ0v) is 16.3. The van der Waals surface area contributed by atoms with E-state index in [1.807, 2.05) is 0 Å². The summed E-state index contributed by atoms with van der Waals surface area (Å²) in [7, 11) is 2.65. The molecule has 0 saturated carbocycles.